The molecule has 142 valence electrons. The average molecular weight is 400 g/mol. The zero-order chi connectivity index (χ0) is 18.8. The van der Waals surface area contributed by atoms with E-state index in [1.54, 1.807) is 11.8 Å². The van der Waals surface area contributed by atoms with Crippen molar-refractivity contribution in [1.29, 1.82) is 0 Å². The number of hydrogen-bond acceptors (Lipinski definition) is 10. The lowest BCUT2D eigenvalue weighted by Crippen LogP contribution is -2.57. The first-order valence-electron chi connectivity index (χ1n) is 7.79. The lowest BCUT2D eigenvalue weighted by Gasteiger charge is -2.39. The van der Waals surface area contributed by atoms with Crippen molar-refractivity contribution in [3.63, 3.8) is 0 Å². The Bertz CT molecular complexity index is 759. The first kappa shape index (κ1) is 19.4. The molecule has 1 saturated heterocycles. The molecule has 0 aliphatic carbocycles. The van der Waals surface area contributed by atoms with Crippen molar-refractivity contribution in [1.82, 2.24) is 14.9 Å². The first-order valence-corrected chi connectivity index (χ1v) is 9.89. The number of aromatic nitrogens is 3. The molecule has 1 fully saturated rings. The molecule has 1 aliphatic rings. The molecule has 26 heavy (non-hydrogen) atoms. The molecule has 1 aromatic heterocycles. The molecule has 0 unspecified atom stereocenters. The van der Waals surface area contributed by atoms with Crippen LogP contribution >= 0.6 is 23.5 Å². The highest BCUT2D eigenvalue weighted by atomic mass is 32.2. The van der Waals surface area contributed by atoms with Crippen molar-refractivity contribution in [2.75, 3.05) is 18.7 Å². The number of nitrogens with two attached hydrogens (primary N) is 1. The van der Waals surface area contributed by atoms with Crippen molar-refractivity contribution in [2.24, 2.45) is 0 Å². The molecule has 1 aliphatic heterocycles. The fourth-order valence-corrected chi connectivity index (χ4v) is 4.23. The molecule has 0 amide bonds. The summed E-state index contributed by atoms with van der Waals surface area (Å²) in [6.45, 7) is -0.496. The minimum absolute atomic E-state index is 0.264. The number of hydrogen-bond donors (Lipinski definition) is 5. The smallest absolute Gasteiger partial charge is 0.212 e. The summed E-state index contributed by atoms with van der Waals surface area (Å²) >= 11 is 2.51. The van der Waals surface area contributed by atoms with E-state index in [-0.39, 0.29) is 5.16 Å². The number of thioether (sulfide) groups is 2. The number of ether oxygens (including phenoxy) is 1. The van der Waals surface area contributed by atoms with Gasteiger partial charge in [-0.15, -0.1) is 22.0 Å². The van der Waals surface area contributed by atoms with Gasteiger partial charge in [-0.05, 0) is 30.2 Å². The van der Waals surface area contributed by atoms with Crippen LogP contribution in [0.3, 0.4) is 0 Å². The fourth-order valence-electron chi connectivity index (χ4n) is 2.64. The molecule has 2 aromatic rings. The molecule has 0 bridgehead atoms. The zero-order valence-corrected chi connectivity index (χ0v) is 15.5. The maximum atomic E-state index is 10.1. The van der Waals surface area contributed by atoms with Gasteiger partial charge in [0.15, 0.2) is 5.82 Å². The summed E-state index contributed by atoms with van der Waals surface area (Å²) < 4.78 is 6.74. The lowest BCUT2D eigenvalue weighted by atomic mass is 10.0. The topological polar surface area (TPSA) is 147 Å². The van der Waals surface area contributed by atoms with Crippen molar-refractivity contribution in [2.45, 2.75) is 39.9 Å². The van der Waals surface area contributed by atoms with E-state index in [2.05, 4.69) is 10.2 Å². The van der Waals surface area contributed by atoms with Crippen molar-refractivity contribution < 1.29 is 25.2 Å². The zero-order valence-electron chi connectivity index (χ0n) is 13.8. The van der Waals surface area contributed by atoms with Crippen molar-refractivity contribution >= 4 is 23.5 Å². The normalized spacial score (nSPS) is 29.0. The van der Waals surface area contributed by atoms with Crippen LogP contribution in [0, 0.1) is 0 Å². The molecule has 5 atom stereocenters. The van der Waals surface area contributed by atoms with Gasteiger partial charge in [-0.25, -0.2) is 4.68 Å². The summed E-state index contributed by atoms with van der Waals surface area (Å²) in [4.78, 5) is 0.982. The van der Waals surface area contributed by atoms with Crippen LogP contribution in [0.15, 0.2) is 34.3 Å². The average Bonchev–Trinajstić information content (AvgIpc) is 3.02. The monoisotopic (exact) mass is 400 g/mol. The van der Waals surface area contributed by atoms with Gasteiger partial charge in [-0.1, -0.05) is 12.1 Å². The summed E-state index contributed by atoms with van der Waals surface area (Å²) in [5.41, 5.74) is -0.156. The lowest BCUT2D eigenvalue weighted by molar-refractivity contribution is -0.205. The Labute approximate surface area is 158 Å². The standard InChI is InChI=1S/C15H20N4O5S2/c1-25-9-5-3-2-4-7(9)13-17-18-15(19(13)16)26-14-12(23)11(22)10(21)8(6-20)24-14/h2-5,8,10-12,14,20-23H,6,16H2,1H3/t8-,10+,11+,12-,14+/m1/s1. The molecule has 0 radical (unpaired) electrons. The second-order valence-electron chi connectivity index (χ2n) is 5.69. The van der Waals surface area contributed by atoms with E-state index in [9.17, 15) is 20.4 Å². The van der Waals surface area contributed by atoms with E-state index < -0.39 is 36.5 Å². The van der Waals surface area contributed by atoms with Gasteiger partial charge in [0, 0.05) is 10.5 Å². The Morgan fingerprint density at radius 1 is 1.15 bits per heavy atom. The molecule has 11 heteroatoms. The minimum Gasteiger partial charge on any atom is -0.394 e. The van der Waals surface area contributed by atoms with Gasteiger partial charge in [-0.3, -0.25) is 0 Å². The number of rotatable bonds is 5. The van der Waals surface area contributed by atoms with Crippen LogP contribution in [0.1, 0.15) is 0 Å². The SMILES string of the molecule is CSc1ccccc1-c1nnc(S[C@@H]2O[C@H](CO)[C@H](O)[C@H](O)[C@H]2O)n1N. The molecular weight excluding hydrogens is 380 g/mol. The van der Waals surface area contributed by atoms with E-state index in [1.165, 1.54) is 4.68 Å². The predicted molar refractivity (Wildman–Crippen MR) is 97.0 cm³/mol. The number of aliphatic hydroxyl groups excluding tert-OH is 4. The summed E-state index contributed by atoms with van der Waals surface area (Å²) in [6, 6.07) is 7.60. The predicted octanol–water partition coefficient (Wildman–Crippen LogP) is -0.727. The van der Waals surface area contributed by atoms with Gasteiger partial charge in [0.25, 0.3) is 0 Å². The summed E-state index contributed by atoms with van der Waals surface area (Å²) in [5, 5.41) is 47.5. The van der Waals surface area contributed by atoms with Gasteiger partial charge >= 0.3 is 0 Å². The highest BCUT2D eigenvalue weighted by molar-refractivity contribution is 7.99. The Morgan fingerprint density at radius 3 is 2.58 bits per heavy atom. The molecule has 9 nitrogen and oxygen atoms in total. The van der Waals surface area contributed by atoms with Crippen LogP contribution in [-0.2, 0) is 4.74 Å². The number of benzene rings is 1. The Morgan fingerprint density at radius 2 is 1.88 bits per heavy atom. The Hall–Kier alpha value is -1.34. The second kappa shape index (κ2) is 8.13. The van der Waals surface area contributed by atoms with Crippen LogP contribution in [0.5, 0.6) is 0 Å². The third-order valence-electron chi connectivity index (χ3n) is 4.08. The maximum Gasteiger partial charge on any atom is 0.212 e. The van der Waals surface area contributed by atoms with Gasteiger partial charge in [0.2, 0.25) is 5.16 Å². The third kappa shape index (κ3) is 3.56. The van der Waals surface area contributed by atoms with Gasteiger partial charge in [0.1, 0.15) is 29.9 Å². The Balaban J connectivity index is 1.84. The van der Waals surface area contributed by atoms with E-state index in [4.69, 9.17) is 10.6 Å². The number of nitrogens with zero attached hydrogens (tertiary/aromatic N) is 3. The van der Waals surface area contributed by atoms with E-state index >= 15 is 0 Å². The molecule has 6 N–H and O–H groups in total. The number of nitrogen functional groups attached to an aromatic ring is 1. The van der Waals surface area contributed by atoms with Crippen LogP contribution in [0.25, 0.3) is 11.4 Å². The van der Waals surface area contributed by atoms with Gasteiger partial charge < -0.3 is 31.0 Å². The second-order valence-corrected chi connectivity index (χ2v) is 7.61. The summed E-state index contributed by atoms with van der Waals surface area (Å²) in [6.07, 6.45) is -3.29. The van der Waals surface area contributed by atoms with Gasteiger partial charge in [-0.2, -0.15) is 0 Å². The van der Waals surface area contributed by atoms with Crippen LogP contribution in [-0.4, -0.2) is 78.0 Å². The maximum absolute atomic E-state index is 10.1. The summed E-state index contributed by atoms with van der Waals surface area (Å²) in [5.74, 6) is 6.56. The highest BCUT2D eigenvalue weighted by Gasteiger charge is 2.44. The molecule has 2 heterocycles. The number of aliphatic hydroxyl groups is 4. The largest absolute Gasteiger partial charge is 0.394 e. The molecule has 0 spiro atoms. The van der Waals surface area contributed by atoms with Crippen LogP contribution in [0.2, 0.25) is 0 Å². The van der Waals surface area contributed by atoms with Crippen molar-refractivity contribution in [3.8, 4) is 11.4 Å². The fraction of sp³-hybridized carbons (Fsp3) is 0.467. The molecule has 1 aromatic carbocycles. The quantitative estimate of drug-likeness (QED) is 0.321. The molecule has 3 rings (SSSR count). The van der Waals surface area contributed by atoms with E-state index in [0.29, 0.717) is 5.82 Å². The minimum atomic E-state index is -1.45. The van der Waals surface area contributed by atoms with Crippen LogP contribution in [0.4, 0.5) is 0 Å². The molecular formula is C15H20N4O5S2. The van der Waals surface area contributed by atoms with Crippen LogP contribution < -0.4 is 5.84 Å². The summed E-state index contributed by atoms with van der Waals surface area (Å²) in [7, 11) is 0. The first-order chi connectivity index (χ1) is 12.5. The third-order valence-corrected chi connectivity index (χ3v) is 5.99. The highest BCUT2D eigenvalue weighted by Crippen LogP contribution is 2.34. The van der Waals surface area contributed by atoms with E-state index in [1.807, 2.05) is 30.5 Å². The molecule has 0 saturated carbocycles. The van der Waals surface area contributed by atoms with Crippen molar-refractivity contribution in [3.05, 3.63) is 24.3 Å². The Kier molecular flexibility index (Phi) is 6.07. The van der Waals surface area contributed by atoms with E-state index in [0.717, 1.165) is 22.2 Å². The van der Waals surface area contributed by atoms with Gasteiger partial charge in [0.05, 0.1) is 6.61 Å².